The van der Waals surface area contributed by atoms with Crippen molar-refractivity contribution >= 4 is 17.7 Å². The van der Waals surface area contributed by atoms with Crippen molar-refractivity contribution in [2.75, 3.05) is 21.3 Å². The Kier molecular flexibility index (Phi) is 6.49. The van der Waals surface area contributed by atoms with E-state index in [0.29, 0.717) is 34.6 Å². The van der Waals surface area contributed by atoms with Gasteiger partial charge in [0, 0.05) is 5.56 Å². The number of urea groups is 1. The van der Waals surface area contributed by atoms with Gasteiger partial charge in [-0.2, -0.15) is 0 Å². The Balaban J connectivity index is 2.22. The molecule has 0 radical (unpaired) electrons. The van der Waals surface area contributed by atoms with E-state index in [1.807, 2.05) is 0 Å². The fraction of sp³-hybridized carbons (Fsp3) is 0.217. The summed E-state index contributed by atoms with van der Waals surface area (Å²) in [5.74, 6) is 0.224. The van der Waals surface area contributed by atoms with Crippen LogP contribution < -0.4 is 20.1 Å². The highest BCUT2D eigenvalue weighted by atomic mass is 16.5. The number of ether oxygens (including phenoxy) is 3. The summed E-state index contributed by atoms with van der Waals surface area (Å²) < 4.78 is 15.5. The van der Waals surface area contributed by atoms with Gasteiger partial charge in [-0.1, -0.05) is 6.08 Å². The number of methoxy groups -OCH3 is 3. The van der Waals surface area contributed by atoms with Gasteiger partial charge in [0.1, 0.15) is 5.75 Å². The van der Waals surface area contributed by atoms with Crippen LogP contribution in [0.15, 0.2) is 54.6 Å². The highest BCUT2D eigenvalue weighted by Crippen LogP contribution is 2.38. The molecule has 0 aromatic heterocycles. The molecule has 1 aliphatic rings. The molecule has 8 nitrogen and oxygen atoms in total. The van der Waals surface area contributed by atoms with E-state index in [2.05, 4.69) is 17.2 Å². The second kappa shape index (κ2) is 9.25. The van der Waals surface area contributed by atoms with Crippen LogP contribution in [-0.2, 0) is 16.0 Å². The number of amides is 2. The zero-order chi connectivity index (χ0) is 22.5. The Morgan fingerprint density at radius 3 is 2.45 bits per heavy atom. The first kappa shape index (κ1) is 21.8. The number of benzene rings is 2. The molecule has 2 aromatic carbocycles. The third-order valence-corrected chi connectivity index (χ3v) is 4.95. The van der Waals surface area contributed by atoms with Crippen molar-refractivity contribution < 1.29 is 28.9 Å². The summed E-state index contributed by atoms with van der Waals surface area (Å²) in [5, 5.41) is 15.9. The average Bonchev–Trinajstić information content (AvgIpc) is 2.79. The molecule has 0 spiro atoms. The van der Waals surface area contributed by atoms with Crippen LogP contribution in [0.4, 0.5) is 4.79 Å². The molecule has 1 aliphatic heterocycles. The predicted molar refractivity (Wildman–Crippen MR) is 115 cm³/mol. The van der Waals surface area contributed by atoms with Crippen LogP contribution in [0.2, 0.25) is 0 Å². The van der Waals surface area contributed by atoms with Gasteiger partial charge in [0.25, 0.3) is 0 Å². The number of nitrogens with one attached hydrogen (secondary N) is 2. The van der Waals surface area contributed by atoms with Crippen molar-refractivity contribution in [2.24, 2.45) is 0 Å². The van der Waals surface area contributed by atoms with Gasteiger partial charge in [-0.3, -0.25) is 0 Å². The molecule has 1 heterocycles. The number of rotatable bonds is 7. The van der Waals surface area contributed by atoms with E-state index < -0.39 is 18.0 Å². The van der Waals surface area contributed by atoms with Crippen molar-refractivity contribution in [2.45, 2.75) is 12.5 Å². The molecule has 2 aromatic rings. The monoisotopic (exact) mass is 424 g/mol. The van der Waals surface area contributed by atoms with Crippen molar-refractivity contribution in [1.82, 2.24) is 10.6 Å². The minimum Gasteiger partial charge on any atom is -0.504 e. The van der Waals surface area contributed by atoms with E-state index in [0.717, 1.165) is 0 Å². The Hall–Kier alpha value is -3.94. The second-order valence-corrected chi connectivity index (χ2v) is 6.76. The summed E-state index contributed by atoms with van der Waals surface area (Å²) in [5.41, 5.74) is 2.24. The van der Waals surface area contributed by atoms with Crippen LogP contribution in [-0.4, -0.2) is 38.4 Å². The predicted octanol–water partition coefficient (Wildman–Crippen LogP) is 3.08. The molecular weight excluding hydrogens is 400 g/mol. The average molecular weight is 424 g/mol. The maximum Gasteiger partial charge on any atom is 0.338 e. The summed E-state index contributed by atoms with van der Waals surface area (Å²) in [6.07, 6.45) is 2.01. The van der Waals surface area contributed by atoms with Gasteiger partial charge in [-0.05, 0) is 53.9 Å². The summed E-state index contributed by atoms with van der Waals surface area (Å²) in [7, 11) is 4.25. The topological polar surface area (TPSA) is 106 Å². The molecule has 3 rings (SSSR count). The normalized spacial score (nSPS) is 15.6. The lowest BCUT2D eigenvalue weighted by molar-refractivity contribution is -0.136. The first-order valence-electron chi connectivity index (χ1n) is 9.48. The Morgan fingerprint density at radius 1 is 1.16 bits per heavy atom. The van der Waals surface area contributed by atoms with Crippen molar-refractivity contribution in [3.8, 4) is 17.2 Å². The standard InChI is InChI=1S/C23H24N2O6/c1-5-6-14-11-15(12-17(30-3)21(14)26)20-18(22(27)31-4)19(24-23(28)25-20)13-7-9-16(29-2)10-8-13/h5,7-12,20,26H,1,6H2,2-4H3,(H2,24,25,28). The highest BCUT2D eigenvalue weighted by Gasteiger charge is 2.35. The molecule has 1 atom stereocenters. The van der Waals surface area contributed by atoms with Crippen LogP contribution in [0.1, 0.15) is 22.7 Å². The fourth-order valence-electron chi connectivity index (χ4n) is 3.45. The van der Waals surface area contributed by atoms with Crippen LogP contribution in [0.25, 0.3) is 5.70 Å². The van der Waals surface area contributed by atoms with Crippen molar-refractivity contribution in [1.29, 1.82) is 0 Å². The zero-order valence-electron chi connectivity index (χ0n) is 17.5. The van der Waals surface area contributed by atoms with Crippen LogP contribution in [0.5, 0.6) is 17.2 Å². The Morgan fingerprint density at radius 2 is 1.87 bits per heavy atom. The van der Waals surface area contributed by atoms with E-state index >= 15 is 0 Å². The minimum absolute atomic E-state index is 0.0228. The Bertz CT molecular complexity index is 1040. The van der Waals surface area contributed by atoms with Gasteiger partial charge >= 0.3 is 12.0 Å². The van der Waals surface area contributed by atoms with E-state index in [9.17, 15) is 14.7 Å². The van der Waals surface area contributed by atoms with E-state index in [-0.39, 0.29) is 17.1 Å². The van der Waals surface area contributed by atoms with E-state index in [1.54, 1.807) is 49.6 Å². The zero-order valence-corrected chi connectivity index (χ0v) is 17.5. The number of carbonyl (C=O) groups excluding carboxylic acids is 2. The number of hydrogen-bond acceptors (Lipinski definition) is 6. The molecule has 162 valence electrons. The molecule has 2 amide bonds. The molecule has 0 saturated heterocycles. The number of carbonyl (C=O) groups is 2. The quantitative estimate of drug-likeness (QED) is 0.466. The molecule has 3 N–H and O–H groups in total. The summed E-state index contributed by atoms with van der Waals surface area (Å²) in [6.45, 7) is 3.70. The van der Waals surface area contributed by atoms with E-state index in [4.69, 9.17) is 14.2 Å². The SMILES string of the molecule is C=CCc1cc(C2NC(=O)NC(c3ccc(OC)cc3)=C2C(=O)OC)cc(OC)c1O. The van der Waals surface area contributed by atoms with Gasteiger partial charge in [0.2, 0.25) is 0 Å². The van der Waals surface area contributed by atoms with Gasteiger partial charge in [0.05, 0.1) is 38.6 Å². The first-order chi connectivity index (χ1) is 14.9. The second-order valence-electron chi connectivity index (χ2n) is 6.76. The third-order valence-electron chi connectivity index (χ3n) is 4.95. The number of aromatic hydroxyl groups is 1. The van der Waals surface area contributed by atoms with Crippen LogP contribution in [0.3, 0.4) is 0 Å². The fourth-order valence-corrected chi connectivity index (χ4v) is 3.45. The van der Waals surface area contributed by atoms with Gasteiger partial charge in [0.15, 0.2) is 11.5 Å². The molecule has 31 heavy (non-hydrogen) atoms. The number of phenolic OH excluding ortho intramolecular Hbond substituents is 1. The van der Waals surface area contributed by atoms with Gasteiger partial charge in [-0.15, -0.1) is 6.58 Å². The molecule has 8 heteroatoms. The summed E-state index contributed by atoms with van der Waals surface area (Å²) in [4.78, 5) is 25.3. The number of esters is 1. The molecule has 1 unspecified atom stereocenters. The van der Waals surface area contributed by atoms with Crippen molar-refractivity contribution in [3.05, 3.63) is 71.3 Å². The number of allylic oxidation sites excluding steroid dienone is 1. The Labute approximate surface area is 180 Å². The summed E-state index contributed by atoms with van der Waals surface area (Å²) >= 11 is 0. The molecule has 0 saturated carbocycles. The lowest BCUT2D eigenvalue weighted by Gasteiger charge is -2.30. The number of hydrogen-bond donors (Lipinski definition) is 3. The highest BCUT2D eigenvalue weighted by molar-refractivity contribution is 6.04. The molecule has 0 bridgehead atoms. The largest absolute Gasteiger partial charge is 0.504 e. The first-order valence-corrected chi connectivity index (χ1v) is 9.48. The summed E-state index contributed by atoms with van der Waals surface area (Å²) in [6, 6.07) is 8.88. The van der Waals surface area contributed by atoms with E-state index in [1.165, 1.54) is 14.2 Å². The van der Waals surface area contributed by atoms with Crippen LogP contribution >= 0.6 is 0 Å². The minimum atomic E-state index is -0.837. The van der Waals surface area contributed by atoms with Gasteiger partial charge in [-0.25, -0.2) is 9.59 Å². The smallest absolute Gasteiger partial charge is 0.338 e. The van der Waals surface area contributed by atoms with Crippen LogP contribution in [0, 0.1) is 0 Å². The lowest BCUT2D eigenvalue weighted by Crippen LogP contribution is -2.45. The maximum atomic E-state index is 12.8. The third kappa shape index (κ3) is 4.32. The molecule has 0 aliphatic carbocycles. The van der Waals surface area contributed by atoms with Gasteiger partial charge < -0.3 is 30.0 Å². The lowest BCUT2D eigenvalue weighted by atomic mass is 9.91. The number of phenols is 1. The van der Waals surface area contributed by atoms with Crippen molar-refractivity contribution in [3.63, 3.8) is 0 Å². The molecular formula is C23H24N2O6. The maximum absolute atomic E-state index is 12.8. The molecule has 0 fully saturated rings.